The first-order valence-corrected chi connectivity index (χ1v) is 2.76. The second-order valence-electron chi connectivity index (χ2n) is 1.95. The largest absolute Gasteiger partial charge is 0.383 e. The van der Waals surface area contributed by atoms with E-state index in [1.54, 1.807) is 0 Å². The quantitative estimate of drug-likeness (QED) is 0.436. The average molecular weight is 115 g/mol. The van der Waals surface area contributed by atoms with E-state index in [0.29, 0.717) is 6.42 Å². The van der Waals surface area contributed by atoms with Gasteiger partial charge < -0.3 is 10.4 Å². The van der Waals surface area contributed by atoms with E-state index in [-0.39, 0.29) is 5.91 Å². The van der Waals surface area contributed by atoms with Crippen molar-refractivity contribution in [2.45, 2.75) is 18.9 Å². The Morgan fingerprint density at radius 2 is 2.50 bits per heavy atom. The zero-order valence-corrected chi connectivity index (χ0v) is 4.55. The maximum atomic E-state index is 10.4. The molecule has 1 unspecified atom stereocenters. The van der Waals surface area contributed by atoms with Gasteiger partial charge in [-0.15, -0.1) is 0 Å². The summed E-state index contributed by atoms with van der Waals surface area (Å²) in [5.41, 5.74) is 0. The SMILES string of the molecule is O=C1NCCCC1O. The van der Waals surface area contributed by atoms with Crippen molar-refractivity contribution < 1.29 is 9.90 Å². The van der Waals surface area contributed by atoms with E-state index >= 15 is 0 Å². The fourth-order valence-corrected chi connectivity index (χ4v) is 0.756. The molecule has 0 aromatic heterocycles. The van der Waals surface area contributed by atoms with Crippen molar-refractivity contribution in [2.75, 3.05) is 6.54 Å². The zero-order valence-electron chi connectivity index (χ0n) is 4.55. The first-order chi connectivity index (χ1) is 3.80. The van der Waals surface area contributed by atoms with Gasteiger partial charge in [0.1, 0.15) is 6.10 Å². The second kappa shape index (κ2) is 2.13. The van der Waals surface area contributed by atoms with Crippen LogP contribution < -0.4 is 5.32 Å². The highest BCUT2D eigenvalue weighted by atomic mass is 16.3. The molecule has 0 aromatic rings. The van der Waals surface area contributed by atoms with Crippen LogP contribution in [0.15, 0.2) is 0 Å². The molecule has 46 valence electrons. The van der Waals surface area contributed by atoms with Crippen LogP contribution in [0.2, 0.25) is 0 Å². The molecule has 0 saturated carbocycles. The lowest BCUT2D eigenvalue weighted by Crippen LogP contribution is -2.39. The van der Waals surface area contributed by atoms with Crippen LogP contribution in [0.25, 0.3) is 0 Å². The van der Waals surface area contributed by atoms with Crippen LogP contribution in [0, 0.1) is 0 Å². The number of hydrogen-bond acceptors (Lipinski definition) is 2. The van der Waals surface area contributed by atoms with Gasteiger partial charge in [0, 0.05) is 6.54 Å². The molecule has 8 heavy (non-hydrogen) atoms. The number of amides is 1. The van der Waals surface area contributed by atoms with Gasteiger partial charge in [0.15, 0.2) is 0 Å². The molecular formula is C5H9NO2. The molecule has 0 spiro atoms. The summed E-state index contributed by atoms with van der Waals surface area (Å²) in [4.78, 5) is 10.4. The molecule has 0 aliphatic carbocycles. The molecule has 0 aromatic carbocycles. The van der Waals surface area contributed by atoms with Crippen molar-refractivity contribution in [3.05, 3.63) is 0 Å². The van der Waals surface area contributed by atoms with E-state index in [2.05, 4.69) is 5.32 Å². The fourth-order valence-electron chi connectivity index (χ4n) is 0.756. The van der Waals surface area contributed by atoms with Crippen LogP contribution in [-0.2, 0) is 4.79 Å². The summed E-state index contributed by atoms with van der Waals surface area (Å²) in [6.45, 7) is 0.718. The van der Waals surface area contributed by atoms with Crippen molar-refractivity contribution in [1.29, 1.82) is 0 Å². The molecule has 0 radical (unpaired) electrons. The van der Waals surface area contributed by atoms with Gasteiger partial charge in [-0.25, -0.2) is 0 Å². The lowest BCUT2D eigenvalue weighted by molar-refractivity contribution is -0.131. The van der Waals surface area contributed by atoms with Crippen LogP contribution in [0.5, 0.6) is 0 Å². The van der Waals surface area contributed by atoms with Crippen LogP contribution in [0.3, 0.4) is 0 Å². The lowest BCUT2D eigenvalue weighted by atomic mass is 10.1. The molecule has 1 aliphatic heterocycles. The second-order valence-corrected chi connectivity index (χ2v) is 1.95. The van der Waals surface area contributed by atoms with Crippen molar-refractivity contribution in [3.8, 4) is 0 Å². The Morgan fingerprint density at radius 1 is 1.75 bits per heavy atom. The standard InChI is InChI=1S/C5H9NO2/c7-4-2-1-3-6-5(4)8/h4,7H,1-3H2,(H,6,8). The number of nitrogens with one attached hydrogen (secondary N) is 1. The summed E-state index contributed by atoms with van der Waals surface area (Å²) in [5, 5.41) is 11.3. The number of carbonyl (C=O) groups excluding carboxylic acids is 1. The minimum absolute atomic E-state index is 0.226. The topological polar surface area (TPSA) is 49.3 Å². The maximum absolute atomic E-state index is 10.4. The first-order valence-electron chi connectivity index (χ1n) is 2.76. The number of aliphatic hydroxyl groups is 1. The molecule has 1 aliphatic rings. The van der Waals surface area contributed by atoms with E-state index in [9.17, 15) is 4.79 Å². The molecular weight excluding hydrogens is 106 g/mol. The highest BCUT2D eigenvalue weighted by Crippen LogP contribution is 2.00. The number of rotatable bonds is 0. The highest BCUT2D eigenvalue weighted by Gasteiger charge is 2.17. The number of hydrogen-bond donors (Lipinski definition) is 2. The molecule has 1 rings (SSSR count). The summed E-state index contributed by atoms with van der Waals surface area (Å²) in [5.74, 6) is -0.226. The number of carbonyl (C=O) groups is 1. The Balaban J connectivity index is 2.39. The van der Waals surface area contributed by atoms with Crippen molar-refractivity contribution in [3.63, 3.8) is 0 Å². The summed E-state index contributed by atoms with van der Waals surface area (Å²) < 4.78 is 0. The number of piperidine rings is 1. The van der Waals surface area contributed by atoms with Crippen LogP contribution in [0.4, 0.5) is 0 Å². The molecule has 1 amide bonds. The van der Waals surface area contributed by atoms with Crippen LogP contribution in [-0.4, -0.2) is 23.7 Å². The molecule has 0 bridgehead atoms. The monoisotopic (exact) mass is 115 g/mol. The predicted molar refractivity (Wildman–Crippen MR) is 28.3 cm³/mol. The minimum atomic E-state index is -0.747. The van der Waals surface area contributed by atoms with Gasteiger partial charge in [0.05, 0.1) is 0 Å². The van der Waals surface area contributed by atoms with Crippen molar-refractivity contribution in [2.24, 2.45) is 0 Å². The van der Waals surface area contributed by atoms with Gasteiger partial charge in [-0.05, 0) is 12.8 Å². The minimum Gasteiger partial charge on any atom is -0.383 e. The van der Waals surface area contributed by atoms with E-state index in [4.69, 9.17) is 5.11 Å². The highest BCUT2D eigenvalue weighted by molar-refractivity contribution is 5.80. The molecule has 1 saturated heterocycles. The van der Waals surface area contributed by atoms with Crippen LogP contribution >= 0.6 is 0 Å². The molecule has 3 nitrogen and oxygen atoms in total. The van der Waals surface area contributed by atoms with Gasteiger partial charge in [-0.2, -0.15) is 0 Å². The Morgan fingerprint density at radius 3 is 2.88 bits per heavy atom. The van der Waals surface area contributed by atoms with E-state index in [1.807, 2.05) is 0 Å². The van der Waals surface area contributed by atoms with Gasteiger partial charge in [0.25, 0.3) is 0 Å². The summed E-state index contributed by atoms with van der Waals surface area (Å²) in [6.07, 6.45) is 0.766. The zero-order chi connectivity index (χ0) is 5.98. The number of aliphatic hydroxyl groups excluding tert-OH is 1. The Bertz CT molecular complexity index is 103. The van der Waals surface area contributed by atoms with Gasteiger partial charge in [0.2, 0.25) is 5.91 Å². The summed E-state index contributed by atoms with van der Waals surface area (Å²) in [6, 6.07) is 0. The predicted octanol–water partition coefficient (Wildman–Crippen LogP) is -0.743. The smallest absolute Gasteiger partial charge is 0.248 e. The Kier molecular flexibility index (Phi) is 1.48. The van der Waals surface area contributed by atoms with Crippen molar-refractivity contribution >= 4 is 5.91 Å². The first kappa shape index (κ1) is 5.56. The average Bonchev–Trinajstić information content (AvgIpc) is 1.77. The lowest BCUT2D eigenvalue weighted by Gasteiger charge is -2.15. The Labute approximate surface area is 47.7 Å². The molecule has 1 heterocycles. The molecule has 2 N–H and O–H groups in total. The fraction of sp³-hybridized carbons (Fsp3) is 0.800. The third kappa shape index (κ3) is 0.980. The van der Waals surface area contributed by atoms with E-state index in [0.717, 1.165) is 13.0 Å². The van der Waals surface area contributed by atoms with Gasteiger partial charge in [-0.1, -0.05) is 0 Å². The summed E-state index contributed by atoms with van der Waals surface area (Å²) >= 11 is 0. The molecule has 1 atom stereocenters. The Hall–Kier alpha value is -0.570. The van der Waals surface area contributed by atoms with E-state index < -0.39 is 6.10 Å². The molecule has 3 heteroatoms. The van der Waals surface area contributed by atoms with Gasteiger partial charge >= 0.3 is 0 Å². The summed E-state index contributed by atoms with van der Waals surface area (Å²) in [7, 11) is 0. The van der Waals surface area contributed by atoms with Crippen molar-refractivity contribution in [1.82, 2.24) is 5.32 Å². The van der Waals surface area contributed by atoms with Crippen LogP contribution in [0.1, 0.15) is 12.8 Å². The third-order valence-corrected chi connectivity index (χ3v) is 1.26. The normalized spacial score (nSPS) is 29.6. The maximum Gasteiger partial charge on any atom is 0.248 e. The van der Waals surface area contributed by atoms with E-state index in [1.165, 1.54) is 0 Å². The third-order valence-electron chi connectivity index (χ3n) is 1.26. The van der Waals surface area contributed by atoms with Gasteiger partial charge in [-0.3, -0.25) is 4.79 Å². The molecule has 1 fully saturated rings.